The van der Waals surface area contributed by atoms with Crippen molar-refractivity contribution in [3.05, 3.63) is 46.5 Å². The van der Waals surface area contributed by atoms with Gasteiger partial charge in [0.15, 0.2) is 0 Å². The molecule has 0 saturated carbocycles. The van der Waals surface area contributed by atoms with E-state index in [2.05, 4.69) is 10.4 Å². The van der Waals surface area contributed by atoms with Crippen molar-refractivity contribution in [1.29, 1.82) is 5.26 Å². The number of nitrogens with one attached hydrogen (secondary N) is 1. The van der Waals surface area contributed by atoms with Gasteiger partial charge in [0.05, 0.1) is 29.1 Å². The molecule has 2 rings (SSSR count). The third-order valence-electron chi connectivity index (χ3n) is 3.64. The normalized spacial score (nSPS) is 12.0. The number of nitrogens with zero attached hydrogens (tertiary/aromatic N) is 3. The van der Waals surface area contributed by atoms with Crippen molar-refractivity contribution in [2.45, 2.75) is 40.3 Å². The van der Waals surface area contributed by atoms with Crippen molar-refractivity contribution in [2.24, 2.45) is 0 Å². The summed E-state index contributed by atoms with van der Waals surface area (Å²) in [4.78, 5) is 0. The number of rotatable bonds is 4. The highest BCUT2D eigenvalue weighted by atomic mass is 19.1. The second kappa shape index (κ2) is 5.96. The summed E-state index contributed by atoms with van der Waals surface area (Å²) in [6, 6.07) is 6.31. The highest BCUT2D eigenvalue weighted by Gasteiger charge is 2.18. The minimum atomic E-state index is -0.418. The average Bonchev–Trinajstić information content (AvgIpc) is 2.75. The second-order valence-electron chi connectivity index (χ2n) is 5.07. The zero-order valence-electron chi connectivity index (χ0n) is 12.7. The van der Waals surface area contributed by atoms with Crippen molar-refractivity contribution in [2.75, 3.05) is 5.32 Å². The van der Waals surface area contributed by atoms with Gasteiger partial charge in [-0.2, -0.15) is 10.4 Å². The SMILES string of the molecule is CCn1nc(C)c(C(C)Nc2ccc(C#N)cc2F)c1C. The van der Waals surface area contributed by atoms with Gasteiger partial charge in [0.1, 0.15) is 5.82 Å². The van der Waals surface area contributed by atoms with Crippen LogP contribution in [0.5, 0.6) is 0 Å². The van der Waals surface area contributed by atoms with Gasteiger partial charge in [0.25, 0.3) is 0 Å². The fraction of sp³-hybridized carbons (Fsp3) is 0.375. The zero-order valence-corrected chi connectivity index (χ0v) is 12.7. The molecule has 2 aromatic rings. The molecule has 1 aromatic carbocycles. The summed E-state index contributed by atoms with van der Waals surface area (Å²) >= 11 is 0. The number of nitriles is 1. The summed E-state index contributed by atoms with van der Waals surface area (Å²) in [6.45, 7) is 8.81. The number of hydrogen-bond donors (Lipinski definition) is 1. The highest BCUT2D eigenvalue weighted by molar-refractivity contribution is 5.50. The Bertz CT molecular complexity index is 697. The van der Waals surface area contributed by atoms with Crippen LogP contribution in [-0.4, -0.2) is 9.78 Å². The maximum Gasteiger partial charge on any atom is 0.147 e. The molecule has 0 amide bonds. The van der Waals surface area contributed by atoms with Crippen molar-refractivity contribution in [3.8, 4) is 6.07 Å². The van der Waals surface area contributed by atoms with Crippen molar-refractivity contribution in [3.63, 3.8) is 0 Å². The average molecular weight is 286 g/mol. The first-order chi connectivity index (χ1) is 9.97. The predicted molar refractivity (Wildman–Crippen MR) is 80.5 cm³/mol. The van der Waals surface area contributed by atoms with Crippen molar-refractivity contribution in [1.82, 2.24) is 9.78 Å². The van der Waals surface area contributed by atoms with Crippen LogP contribution in [0.25, 0.3) is 0 Å². The molecule has 1 aromatic heterocycles. The van der Waals surface area contributed by atoms with Crippen LogP contribution in [0.3, 0.4) is 0 Å². The van der Waals surface area contributed by atoms with Crippen molar-refractivity contribution < 1.29 is 4.39 Å². The molecule has 0 fully saturated rings. The van der Waals surface area contributed by atoms with Gasteiger partial charge >= 0.3 is 0 Å². The van der Waals surface area contributed by atoms with E-state index in [1.807, 2.05) is 38.4 Å². The largest absolute Gasteiger partial charge is 0.376 e. The molecule has 1 unspecified atom stereocenters. The van der Waals surface area contributed by atoms with Gasteiger partial charge in [-0.3, -0.25) is 4.68 Å². The number of aryl methyl sites for hydroxylation is 2. The fourth-order valence-electron chi connectivity index (χ4n) is 2.65. The lowest BCUT2D eigenvalue weighted by Gasteiger charge is -2.17. The van der Waals surface area contributed by atoms with E-state index in [1.54, 1.807) is 12.1 Å². The number of aromatic nitrogens is 2. The molecule has 1 heterocycles. The Morgan fingerprint density at radius 2 is 2.14 bits per heavy atom. The molecule has 1 atom stereocenters. The number of benzene rings is 1. The van der Waals surface area contributed by atoms with Gasteiger partial charge in [-0.05, 0) is 45.9 Å². The van der Waals surface area contributed by atoms with Gasteiger partial charge < -0.3 is 5.32 Å². The molecular formula is C16H19FN4. The number of anilines is 1. The molecule has 0 aliphatic heterocycles. The van der Waals surface area contributed by atoms with Crippen LogP contribution >= 0.6 is 0 Å². The first kappa shape index (κ1) is 15.0. The highest BCUT2D eigenvalue weighted by Crippen LogP contribution is 2.26. The molecular weight excluding hydrogens is 267 g/mol. The third-order valence-corrected chi connectivity index (χ3v) is 3.64. The van der Waals surface area contributed by atoms with Crippen LogP contribution in [-0.2, 0) is 6.54 Å². The molecule has 1 N–H and O–H groups in total. The van der Waals surface area contributed by atoms with E-state index < -0.39 is 5.82 Å². The minimum Gasteiger partial charge on any atom is -0.376 e. The lowest BCUT2D eigenvalue weighted by Crippen LogP contribution is -2.10. The van der Waals surface area contributed by atoms with E-state index in [0.717, 1.165) is 23.5 Å². The molecule has 4 nitrogen and oxygen atoms in total. The Morgan fingerprint density at radius 3 is 2.67 bits per heavy atom. The second-order valence-corrected chi connectivity index (χ2v) is 5.07. The van der Waals surface area contributed by atoms with Crippen LogP contribution in [0.4, 0.5) is 10.1 Å². The Hall–Kier alpha value is -2.35. The Kier molecular flexibility index (Phi) is 4.27. The number of halogens is 1. The summed E-state index contributed by atoms with van der Waals surface area (Å²) in [7, 11) is 0. The molecule has 0 aliphatic rings. The summed E-state index contributed by atoms with van der Waals surface area (Å²) in [5.74, 6) is -0.418. The molecule has 110 valence electrons. The monoisotopic (exact) mass is 286 g/mol. The summed E-state index contributed by atoms with van der Waals surface area (Å²) in [5.41, 5.74) is 3.83. The van der Waals surface area contributed by atoms with Gasteiger partial charge in [-0.15, -0.1) is 0 Å². The van der Waals surface area contributed by atoms with Gasteiger partial charge in [-0.1, -0.05) is 0 Å². The molecule has 0 aliphatic carbocycles. The zero-order chi connectivity index (χ0) is 15.6. The fourth-order valence-corrected chi connectivity index (χ4v) is 2.65. The standard InChI is InChI=1S/C16H19FN4/c1-5-21-12(4)16(11(3)20-21)10(2)19-15-7-6-13(9-18)8-14(15)17/h6-8,10,19H,5H2,1-4H3. The molecule has 5 heteroatoms. The van der Waals surface area contributed by atoms with Crippen LogP contribution < -0.4 is 5.32 Å². The third kappa shape index (κ3) is 2.89. The topological polar surface area (TPSA) is 53.6 Å². The lowest BCUT2D eigenvalue weighted by atomic mass is 10.1. The Morgan fingerprint density at radius 1 is 1.43 bits per heavy atom. The summed E-state index contributed by atoms with van der Waals surface area (Å²) < 4.78 is 15.9. The predicted octanol–water partition coefficient (Wildman–Crippen LogP) is 3.70. The van der Waals surface area contributed by atoms with Crippen LogP contribution in [0, 0.1) is 31.0 Å². The van der Waals surface area contributed by atoms with E-state index in [-0.39, 0.29) is 6.04 Å². The quantitative estimate of drug-likeness (QED) is 0.932. The summed E-state index contributed by atoms with van der Waals surface area (Å²) in [6.07, 6.45) is 0. The number of hydrogen-bond acceptors (Lipinski definition) is 3. The molecule has 21 heavy (non-hydrogen) atoms. The Labute approximate surface area is 124 Å². The Balaban J connectivity index is 2.28. The molecule has 0 spiro atoms. The van der Waals surface area contributed by atoms with Crippen LogP contribution in [0.15, 0.2) is 18.2 Å². The van der Waals surface area contributed by atoms with E-state index >= 15 is 0 Å². The summed E-state index contributed by atoms with van der Waals surface area (Å²) in [5, 5.41) is 16.4. The van der Waals surface area contributed by atoms with Gasteiger partial charge in [0.2, 0.25) is 0 Å². The first-order valence-electron chi connectivity index (χ1n) is 6.98. The van der Waals surface area contributed by atoms with E-state index in [9.17, 15) is 4.39 Å². The van der Waals surface area contributed by atoms with Gasteiger partial charge in [0, 0.05) is 17.8 Å². The van der Waals surface area contributed by atoms with E-state index in [1.165, 1.54) is 6.07 Å². The maximum absolute atomic E-state index is 14.0. The first-order valence-corrected chi connectivity index (χ1v) is 6.98. The van der Waals surface area contributed by atoms with Crippen molar-refractivity contribution >= 4 is 5.69 Å². The van der Waals surface area contributed by atoms with E-state index in [4.69, 9.17) is 5.26 Å². The molecule has 0 bridgehead atoms. The van der Waals surface area contributed by atoms with Gasteiger partial charge in [-0.25, -0.2) is 4.39 Å². The van der Waals surface area contributed by atoms with Crippen LogP contribution in [0.2, 0.25) is 0 Å². The molecule has 0 saturated heterocycles. The van der Waals surface area contributed by atoms with Crippen LogP contribution in [0.1, 0.15) is 42.4 Å². The lowest BCUT2D eigenvalue weighted by molar-refractivity contribution is 0.625. The smallest absolute Gasteiger partial charge is 0.147 e. The van der Waals surface area contributed by atoms with E-state index in [0.29, 0.717) is 11.3 Å². The molecule has 0 radical (unpaired) electrons. The maximum atomic E-state index is 14.0. The minimum absolute atomic E-state index is 0.0623.